The van der Waals surface area contributed by atoms with Gasteiger partial charge in [0.05, 0.1) is 11.1 Å². The average Bonchev–Trinajstić information content (AvgIpc) is 2.67. The fourth-order valence-electron chi connectivity index (χ4n) is 1.30. The number of hydrogen-bond donors (Lipinski definition) is 3. The van der Waals surface area contributed by atoms with Gasteiger partial charge in [-0.1, -0.05) is 11.8 Å². The van der Waals surface area contributed by atoms with Crippen LogP contribution in [0, 0.1) is 0 Å². The maximum Gasteiger partial charge on any atom is 0.221 e. The zero-order valence-electron chi connectivity index (χ0n) is 9.23. The first kappa shape index (κ1) is 11.5. The molecule has 0 atom stereocenters. The number of aromatic amines is 1. The van der Waals surface area contributed by atoms with Crippen molar-refractivity contribution in [1.29, 1.82) is 0 Å². The van der Waals surface area contributed by atoms with Crippen molar-refractivity contribution in [2.24, 2.45) is 0 Å². The van der Waals surface area contributed by atoms with Gasteiger partial charge in [0.1, 0.15) is 5.82 Å². The summed E-state index contributed by atoms with van der Waals surface area (Å²) in [6, 6.07) is 7.53. The summed E-state index contributed by atoms with van der Waals surface area (Å²) in [7, 11) is 0. The minimum absolute atomic E-state index is 0.0792. The van der Waals surface area contributed by atoms with Crippen LogP contribution in [-0.4, -0.2) is 16.1 Å². The van der Waals surface area contributed by atoms with Gasteiger partial charge in [-0.15, -0.1) is 0 Å². The third kappa shape index (κ3) is 3.01. The minimum Gasteiger partial charge on any atom is -0.383 e. The van der Waals surface area contributed by atoms with E-state index in [1.807, 2.05) is 24.3 Å². The number of carbonyl (C=O) groups is 1. The largest absolute Gasteiger partial charge is 0.383 e. The summed E-state index contributed by atoms with van der Waals surface area (Å²) in [5.41, 5.74) is 6.47. The first-order chi connectivity index (χ1) is 8.15. The Bertz CT molecular complexity index is 521. The molecule has 2 aromatic rings. The SMILES string of the molecule is CC(=O)Nc1ccc(Sc2cn[nH]c2N)cc1. The minimum atomic E-state index is -0.0792. The molecule has 0 bridgehead atoms. The van der Waals surface area contributed by atoms with Gasteiger partial charge in [0.15, 0.2) is 0 Å². The molecule has 0 saturated heterocycles. The van der Waals surface area contributed by atoms with Crippen LogP contribution in [0.15, 0.2) is 40.3 Å². The van der Waals surface area contributed by atoms with Gasteiger partial charge in [-0.3, -0.25) is 9.89 Å². The van der Waals surface area contributed by atoms with E-state index in [1.165, 1.54) is 18.7 Å². The van der Waals surface area contributed by atoms with E-state index in [2.05, 4.69) is 15.5 Å². The molecule has 2 rings (SSSR count). The number of hydrogen-bond acceptors (Lipinski definition) is 4. The van der Waals surface area contributed by atoms with E-state index in [0.717, 1.165) is 15.5 Å². The molecule has 1 amide bonds. The molecule has 1 aromatic heterocycles. The number of nitrogens with zero attached hydrogens (tertiary/aromatic N) is 1. The molecule has 1 aromatic carbocycles. The molecule has 88 valence electrons. The first-order valence-corrected chi connectivity index (χ1v) is 5.81. The first-order valence-electron chi connectivity index (χ1n) is 4.99. The van der Waals surface area contributed by atoms with E-state index < -0.39 is 0 Å². The number of anilines is 2. The van der Waals surface area contributed by atoms with Crippen molar-refractivity contribution in [2.75, 3.05) is 11.1 Å². The Balaban J connectivity index is 2.08. The maximum atomic E-state index is 10.9. The molecular weight excluding hydrogens is 236 g/mol. The third-order valence-corrected chi connectivity index (χ3v) is 3.09. The lowest BCUT2D eigenvalue weighted by Crippen LogP contribution is -2.05. The molecular formula is C11H12N4OS. The van der Waals surface area contributed by atoms with Crippen LogP contribution in [0.1, 0.15) is 6.92 Å². The summed E-state index contributed by atoms with van der Waals surface area (Å²) in [6.45, 7) is 1.48. The zero-order valence-corrected chi connectivity index (χ0v) is 10.0. The number of rotatable bonds is 3. The summed E-state index contributed by atoms with van der Waals surface area (Å²) in [4.78, 5) is 12.8. The van der Waals surface area contributed by atoms with Gasteiger partial charge in [0.2, 0.25) is 5.91 Å². The molecule has 0 saturated carbocycles. The van der Waals surface area contributed by atoms with Gasteiger partial charge >= 0.3 is 0 Å². The van der Waals surface area contributed by atoms with Crippen LogP contribution >= 0.6 is 11.8 Å². The van der Waals surface area contributed by atoms with E-state index >= 15 is 0 Å². The van der Waals surface area contributed by atoms with Gasteiger partial charge in [0, 0.05) is 17.5 Å². The standard InChI is InChI=1S/C11H12N4OS/c1-7(16)14-8-2-4-9(5-3-8)17-10-6-13-15-11(10)12/h2-6H,1H3,(H,14,16)(H3,12,13,15). The average molecular weight is 248 g/mol. The summed E-state index contributed by atoms with van der Waals surface area (Å²) < 4.78 is 0. The van der Waals surface area contributed by atoms with Crippen LogP contribution in [0.4, 0.5) is 11.5 Å². The van der Waals surface area contributed by atoms with Crippen molar-refractivity contribution < 1.29 is 4.79 Å². The van der Waals surface area contributed by atoms with Gasteiger partial charge in [-0.05, 0) is 24.3 Å². The van der Waals surface area contributed by atoms with E-state index in [9.17, 15) is 4.79 Å². The number of aromatic nitrogens is 2. The molecule has 1 heterocycles. The second-order valence-corrected chi connectivity index (χ2v) is 4.57. The summed E-state index contributed by atoms with van der Waals surface area (Å²) >= 11 is 1.52. The Labute approximate surface area is 103 Å². The normalized spacial score (nSPS) is 10.2. The van der Waals surface area contributed by atoms with Crippen molar-refractivity contribution >= 4 is 29.2 Å². The molecule has 0 unspecified atom stereocenters. The molecule has 0 radical (unpaired) electrons. The van der Waals surface area contributed by atoms with Crippen molar-refractivity contribution in [3.8, 4) is 0 Å². The highest BCUT2D eigenvalue weighted by atomic mass is 32.2. The Morgan fingerprint density at radius 3 is 2.65 bits per heavy atom. The van der Waals surface area contributed by atoms with E-state index in [0.29, 0.717) is 5.82 Å². The predicted octanol–water partition coefficient (Wildman–Crippen LogP) is 2.10. The van der Waals surface area contributed by atoms with Crippen LogP contribution < -0.4 is 11.1 Å². The second-order valence-electron chi connectivity index (χ2n) is 3.46. The number of benzene rings is 1. The molecule has 0 aliphatic rings. The lowest BCUT2D eigenvalue weighted by atomic mass is 10.3. The summed E-state index contributed by atoms with van der Waals surface area (Å²) in [5.74, 6) is 0.477. The van der Waals surface area contributed by atoms with Crippen LogP contribution in [-0.2, 0) is 4.79 Å². The fraction of sp³-hybridized carbons (Fsp3) is 0.0909. The number of nitrogens with one attached hydrogen (secondary N) is 2. The van der Waals surface area contributed by atoms with Gasteiger partial charge < -0.3 is 11.1 Å². The van der Waals surface area contributed by atoms with Crippen LogP contribution in [0.25, 0.3) is 0 Å². The van der Waals surface area contributed by atoms with Crippen LogP contribution in [0.3, 0.4) is 0 Å². The summed E-state index contributed by atoms with van der Waals surface area (Å²) in [6.07, 6.45) is 1.68. The number of amides is 1. The van der Waals surface area contributed by atoms with Gasteiger partial charge in [0.25, 0.3) is 0 Å². The molecule has 4 N–H and O–H groups in total. The molecule has 5 nitrogen and oxygen atoms in total. The Morgan fingerprint density at radius 2 is 2.12 bits per heavy atom. The Morgan fingerprint density at radius 1 is 1.41 bits per heavy atom. The molecule has 0 aliphatic carbocycles. The lowest BCUT2D eigenvalue weighted by Gasteiger charge is -2.03. The maximum absolute atomic E-state index is 10.9. The lowest BCUT2D eigenvalue weighted by molar-refractivity contribution is -0.114. The second kappa shape index (κ2) is 4.92. The molecule has 17 heavy (non-hydrogen) atoms. The van der Waals surface area contributed by atoms with E-state index in [4.69, 9.17) is 5.73 Å². The number of nitrogen functional groups attached to an aromatic ring is 1. The molecule has 0 fully saturated rings. The quantitative estimate of drug-likeness (QED) is 0.776. The zero-order chi connectivity index (χ0) is 12.3. The number of carbonyl (C=O) groups excluding carboxylic acids is 1. The van der Waals surface area contributed by atoms with Gasteiger partial charge in [-0.25, -0.2) is 0 Å². The highest BCUT2D eigenvalue weighted by Gasteiger charge is 2.03. The smallest absolute Gasteiger partial charge is 0.221 e. The highest BCUT2D eigenvalue weighted by Crippen LogP contribution is 2.31. The third-order valence-electron chi connectivity index (χ3n) is 2.03. The Kier molecular flexibility index (Phi) is 3.34. The highest BCUT2D eigenvalue weighted by molar-refractivity contribution is 7.99. The van der Waals surface area contributed by atoms with E-state index in [1.54, 1.807) is 6.20 Å². The molecule has 0 aliphatic heterocycles. The van der Waals surface area contributed by atoms with Crippen LogP contribution in [0.5, 0.6) is 0 Å². The molecule has 0 spiro atoms. The van der Waals surface area contributed by atoms with Crippen molar-refractivity contribution in [3.05, 3.63) is 30.5 Å². The fourth-order valence-corrected chi connectivity index (χ4v) is 2.09. The number of H-pyrrole nitrogens is 1. The van der Waals surface area contributed by atoms with Gasteiger partial charge in [-0.2, -0.15) is 5.10 Å². The van der Waals surface area contributed by atoms with Crippen LogP contribution in [0.2, 0.25) is 0 Å². The summed E-state index contributed by atoms with van der Waals surface area (Å²) in [5, 5.41) is 9.23. The molecule has 6 heteroatoms. The van der Waals surface area contributed by atoms with Crippen molar-refractivity contribution in [3.63, 3.8) is 0 Å². The number of nitrogens with two attached hydrogens (primary N) is 1. The monoisotopic (exact) mass is 248 g/mol. The predicted molar refractivity (Wildman–Crippen MR) is 67.9 cm³/mol. The van der Waals surface area contributed by atoms with Crippen molar-refractivity contribution in [1.82, 2.24) is 10.2 Å². The van der Waals surface area contributed by atoms with Crippen molar-refractivity contribution in [2.45, 2.75) is 16.7 Å². The Hall–Kier alpha value is -1.95. The van der Waals surface area contributed by atoms with E-state index in [-0.39, 0.29) is 5.91 Å². The topological polar surface area (TPSA) is 83.8 Å².